The van der Waals surface area contributed by atoms with Crippen LogP contribution in [0, 0.1) is 5.92 Å². The first-order valence-corrected chi connectivity index (χ1v) is 11.1. The molecule has 0 bridgehead atoms. The molecule has 1 aromatic rings. The predicted octanol–water partition coefficient (Wildman–Crippen LogP) is 2.23. The zero-order valence-corrected chi connectivity index (χ0v) is 17.6. The summed E-state index contributed by atoms with van der Waals surface area (Å²) in [6, 6.07) is 9.29. The summed E-state index contributed by atoms with van der Waals surface area (Å²) in [7, 11) is 1.86. The minimum atomic E-state index is 0.499. The molecule has 6 heteroatoms. The molecule has 3 heterocycles. The van der Waals surface area contributed by atoms with Crippen molar-refractivity contribution >= 4 is 11.6 Å². The number of hydrogen-bond acceptors (Lipinski definition) is 4. The van der Waals surface area contributed by atoms with E-state index in [9.17, 15) is 0 Å². The number of likely N-dealkylation sites (tertiary alicyclic amines) is 1. The highest BCUT2D eigenvalue weighted by Gasteiger charge is 2.24. The van der Waals surface area contributed by atoms with Crippen molar-refractivity contribution in [1.82, 2.24) is 15.5 Å². The lowest BCUT2D eigenvalue weighted by atomic mass is 10.0. The van der Waals surface area contributed by atoms with E-state index >= 15 is 0 Å². The topological polar surface area (TPSA) is 52.1 Å². The highest BCUT2D eigenvalue weighted by Crippen LogP contribution is 2.19. The number of nitrogens with zero attached hydrogens (tertiary/aromatic N) is 3. The molecule has 1 atom stereocenters. The van der Waals surface area contributed by atoms with Gasteiger partial charge in [-0.25, -0.2) is 0 Å². The monoisotopic (exact) mass is 397 g/mol. The van der Waals surface area contributed by atoms with Crippen LogP contribution in [0.5, 0.6) is 0 Å². The van der Waals surface area contributed by atoms with Crippen LogP contribution in [0.2, 0.25) is 0 Å². The second-order valence-corrected chi connectivity index (χ2v) is 8.42. The van der Waals surface area contributed by atoms with Crippen molar-refractivity contribution in [2.75, 3.05) is 57.9 Å². The molecule has 6 nitrogen and oxygen atoms in total. The van der Waals surface area contributed by atoms with Gasteiger partial charge in [0.05, 0.1) is 6.61 Å². The number of nitrogens with one attached hydrogen (secondary N) is 2. The first kappa shape index (κ1) is 20.2. The number of benzene rings is 1. The molecule has 2 saturated heterocycles. The van der Waals surface area contributed by atoms with Gasteiger partial charge in [0.25, 0.3) is 0 Å². The summed E-state index contributed by atoms with van der Waals surface area (Å²) >= 11 is 0. The van der Waals surface area contributed by atoms with E-state index in [1.165, 1.54) is 37.1 Å². The maximum Gasteiger partial charge on any atom is 0.191 e. The molecule has 0 aliphatic carbocycles. The third kappa shape index (κ3) is 5.73. The van der Waals surface area contributed by atoms with E-state index in [1.54, 1.807) is 0 Å². The fraction of sp³-hybridized carbons (Fsp3) is 0.609. The molecule has 0 aromatic heterocycles. The van der Waals surface area contributed by atoms with Gasteiger partial charge < -0.3 is 25.2 Å². The Hall–Kier alpha value is -2.05. The average molecular weight is 398 g/mol. The van der Waals surface area contributed by atoms with Crippen LogP contribution >= 0.6 is 0 Å². The van der Waals surface area contributed by atoms with Crippen molar-refractivity contribution in [3.8, 4) is 0 Å². The molecule has 1 aromatic carbocycles. The van der Waals surface area contributed by atoms with E-state index in [2.05, 4.69) is 61.8 Å². The molecule has 1 unspecified atom stereocenters. The van der Waals surface area contributed by atoms with E-state index in [1.807, 2.05) is 7.05 Å². The molecule has 3 aliphatic heterocycles. The van der Waals surface area contributed by atoms with Crippen LogP contribution in [0.1, 0.15) is 24.8 Å². The Morgan fingerprint density at radius 2 is 2.00 bits per heavy atom. The number of guanidine groups is 1. The molecule has 0 saturated carbocycles. The number of aliphatic imine (C=N–C) groups is 1. The van der Waals surface area contributed by atoms with Crippen molar-refractivity contribution in [3.05, 3.63) is 42.0 Å². The van der Waals surface area contributed by atoms with Gasteiger partial charge in [-0.3, -0.25) is 4.99 Å². The number of piperidine rings is 1. The Balaban J connectivity index is 1.20. The summed E-state index contributed by atoms with van der Waals surface area (Å²) in [6.45, 7) is 8.22. The van der Waals surface area contributed by atoms with Crippen molar-refractivity contribution in [3.63, 3.8) is 0 Å². The summed E-state index contributed by atoms with van der Waals surface area (Å²) in [4.78, 5) is 9.42. The second-order valence-electron chi connectivity index (χ2n) is 8.42. The van der Waals surface area contributed by atoms with Crippen LogP contribution in [-0.2, 0) is 11.3 Å². The van der Waals surface area contributed by atoms with Crippen LogP contribution in [0.25, 0.3) is 0 Å². The van der Waals surface area contributed by atoms with Gasteiger partial charge in [-0.2, -0.15) is 0 Å². The highest BCUT2D eigenvalue weighted by atomic mass is 16.5. The lowest BCUT2D eigenvalue weighted by molar-refractivity contribution is 0.150. The maximum atomic E-state index is 5.52. The molecule has 0 amide bonds. The second kappa shape index (κ2) is 10.1. The number of anilines is 1. The Morgan fingerprint density at radius 1 is 1.17 bits per heavy atom. The van der Waals surface area contributed by atoms with Crippen LogP contribution in [0.3, 0.4) is 0 Å². The van der Waals surface area contributed by atoms with Crippen molar-refractivity contribution in [2.24, 2.45) is 10.9 Å². The molecule has 0 radical (unpaired) electrons. The Kier molecular flexibility index (Phi) is 7.06. The van der Waals surface area contributed by atoms with Gasteiger partial charge in [0.15, 0.2) is 5.96 Å². The number of ether oxygens (including phenoxy) is 1. The first-order valence-electron chi connectivity index (χ1n) is 11.1. The van der Waals surface area contributed by atoms with E-state index in [0.29, 0.717) is 6.04 Å². The third-order valence-corrected chi connectivity index (χ3v) is 6.25. The Bertz CT molecular complexity index is 697. The van der Waals surface area contributed by atoms with Gasteiger partial charge in [-0.15, -0.1) is 0 Å². The summed E-state index contributed by atoms with van der Waals surface area (Å²) in [5, 5.41) is 7.12. The molecular formula is C23H35N5O. The van der Waals surface area contributed by atoms with E-state index in [0.717, 1.165) is 57.8 Å². The number of hydrogen-bond donors (Lipinski definition) is 2. The SMILES string of the molecule is CN=C(NCc1cccc(N2CC=CC2)c1)NC1CCN(CC2CCOC2)CC1. The van der Waals surface area contributed by atoms with Gasteiger partial charge in [0.1, 0.15) is 0 Å². The predicted molar refractivity (Wildman–Crippen MR) is 120 cm³/mol. The summed E-state index contributed by atoms with van der Waals surface area (Å²) in [6.07, 6.45) is 8.02. The van der Waals surface area contributed by atoms with Crippen molar-refractivity contribution in [1.29, 1.82) is 0 Å². The van der Waals surface area contributed by atoms with Gasteiger partial charge >= 0.3 is 0 Å². The normalized spacial score (nSPS) is 23.7. The smallest absolute Gasteiger partial charge is 0.191 e. The standard InChI is InChI=1S/C23H35N5O/c1-24-23(25-16-19-5-4-6-22(15-19)28-10-2-3-11-28)26-21-7-12-27(13-8-21)17-20-9-14-29-18-20/h2-6,15,20-21H,7-14,16-18H2,1H3,(H2,24,25,26). The average Bonchev–Trinajstić information content (AvgIpc) is 3.47. The lowest BCUT2D eigenvalue weighted by Crippen LogP contribution is -2.49. The zero-order valence-electron chi connectivity index (χ0n) is 17.6. The van der Waals surface area contributed by atoms with E-state index in [-0.39, 0.29) is 0 Å². The molecule has 0 spiro atoms. The zero-order chi connectivity index (χ0) is 19.9. The third-order valence-electron chi connectivity index (χ3n) is 6.25. The van der Waals surface area contributed by atoms with Gasteiger partial charge in [-0.1, -0.05) is 24.3 Å². The van der Waals surface area contributed by atoms with Gasteiger partial charge in [-0.05, 0) is 42.9 Å². The number of rotatable bonds is 6. The van der Waals surface area contributed by atoms with E-state index in [4.69, 9.17) is 4.74 Å². The molecule has 3 aliphatic rings. The minimum Gasteiger partial charge on any atom is -0.381 e. The van der Waals surface area contributed by atoms with Crippen LogP contribution in [0.4, 0.5) is 5.69 Å². The van der Waals surface area contributed by atoms with Crippen LogP contribution < -0.4 is 15.5 Å². The van der Waals surface area contributed by atoms with E-state index < -0.39 is 0 Å². The Morgan fingerprint density at radius 3 is 2.72 bits per heavy atom. The molecular weight excluding hydrogens is 362 g/mol. The minimum absolute atomic E-state index is 0.499. The molecule has 4 rings (SSSR count). The van der Waals surface area contributed by atoms with Gasteiger partial charge in [0, 0.05) is 64.7 Å². The molecule has 158 valence electrons. The highest BCUT2D eigenvalue weighted by molar-refractivity contribution is 5.80. The lowest BCUT2D eigenvalue weighted by Gasteiger charge is -2.34. The van der Waals surface area contributed by atoms with Gasteiger partial charge in [0.2, 0.25) is 0 Å². The summed E-state index contributed by atoms with van der Waals surface area (Å²) in [5.74, 6) is 1.64. The maximum absolute atomic E-state index is 5.52. The molecule has 2 N–H and O–H groups in total. The molecule has 29 heavy (non-hydrogen) atoms. The quantitative estimate of drug-likeness (QED) is 0.438. The van der Waals surface area contributed by atoms with Crippen molar-refractivity contribution < 1.29 is 4.74 Å². The van der Waals surface area contributed by atoms with Crippen molar-refractivity contribution in [2.45, 2.75) is 31.8 Å². The van der Waals surface area contributed by atoms with Crippen LogP contribution in [-0.4, -0.2) is 69.9 Å². The Labute approximate surface area is 175 Å². The molecule has 2 fully saturated rings. The fourth-order valence-electron chi connectivity index (χ4n) is 4.48. The first-order chi connectivity index (χ1) is 14.3. The fourth-order valence-corrected chi connectivity index (χ4v) is 4.48. The summed E-state index contributed by atoms with van der Waals surface area (Å²) < 4.78 is 5.52. The summed E-state index contributed by atoms with van der Waals surface area (Å²) in [5.41, 5.74) is 2.57. The largest absolute Gasteiger partial charge is 0.381 e. The van der Waals surface area contributed by atoms with Crippen LogP contribution in [0.15, 0.2) is 41.4 Å².